The summed E-state index contributed by atoms with van der Waals surface area (Å²) in [5, 5.41) is 27.7. The van der Waals surface area contributed by atoms with E-state index in [4.69, 9.17) is 5.11 Å². The molecule has 1 radical (unpaired) electrons. The minimum atomic E-state index is -1.04. The number of rotatable bonds is 6. The maximum atomic E-state index is 9.33. The van der Waals surface area contributed by atoms with E-state index in [-0.39, 0.29) is 0 Å². The van der Waals surface area contributed by atoms with Crippen LogP contribution in [0.3, 0.4) is 0 Å². The molecule has 0 spiro atoms. The Kier molecular flexibility index (Phi) is 5.57. The summed E-state index contributed by atoms with van der Waals surface area (Å²) in [5.74, 6) is 0. The molecule has 0 aliphatic heterocycles. The van der Waals surface area contributed by atoms with Gasteiger partial charge in [0.15, 0.2) is 0 Å². The van der Waals surface area contributed by atoms with Crippen LogP contribution in [0, 0.1) is 6.54 Å². The van der Waals surface area contributed by atoms with E-state index in [1.165, 1.54) is 25.6 Å². The zero-order chi connectivity index (χ0) is 10.4. The van der Waals surface area contributed by atoms with Gasteiger partial charge in [-0.25, -0.2) is 4.90 Å². The van der Waals surface area contributed by atoms with Gasteiger partial charge in [0.05, 0.1) is 12.6 Å². The van der Waals surface area contributed by atoms with Crippen molar-refractivity contribution in [2.45, 2.75) is 25.5 Å². The van der Waals surface area contributed by atoms with Crippen LogP contribution in [-0.2, 0) is 0 Å². The highest BCUT2D eigenvalue weighted by Gasteiger charge is 2.20. The number of hydrogen-bond donors (Lipinski definition) is 3. The van der Waals surface area contributed by atoms with Crippen molar-refractivity contribution in [2.75, 3.05) is 0 Å². The number of nitrogens with zero attached hydrogens (tertiary/aromatic N) is 1. The molecule has 3 unspecified atom stereocenters. The van der Waals surface area contributed by atoms with Gasteiger partial charge in [0.25, 0.3) is 0 Å². The fourth-order valence-corrected chi connectivity index (χ4v) is 0.825. The minimum Gasteiger partial charge on any atom is -0.392 e. The van der Waals surface area contributed by atoms with Gasteiger partial charge in [0, 0.05) is 0 Å². The molecule has 13 heavy (non-hydrogen) atoms. The lowest BCUT2D eigenvalue weighted by Crippen LogP contribution is -2.41. The topological polar surface area (TPSA) is 63.9 Å². The molecule has 0 saturated carbocycles. The number of aliphatic hydroxyl groups excluding tert-OH is 3. The van der Waals surface area contributed by atoms with Gasteiger partial charge in [-0.15, -0.1) is 0 Å². The number of hydrogen-bond acceptors (Lipinski definition) is 4. The molecule has 0 aromatic rings. The summed E-state index contributed by atoms with van der Waals surface area (Å²) in [5.41, 5.74) is 0. The highest BCUT2D eigenvalue weighted by molar-refractivity contribution is 4.91. The first-order valence-corrected chi connectivity index (χ1v) is 3.94. The van der Waals surface area contributed by atoms with Gasteiger partial charge in [-0.3, -0.25) is 0 Å². The van der Waals surface area contributed by atoms with Crippen LogP contribution >= 0.6 is 0 Å². The normalized spacial score (nSPS) is 17.9. The lowest BCUT2D eigenvalue weighted by molar-refractivity contribution is -0.0490. The van der Waals surface area contributed by atoms with Gasteiger partial charge in [-0.1, -0.05) is 13.2 Å². The van der Waals surface area contributed by atoms with Gasteiger partial charge in [-0.05, 0) is 19.1 Å². The van der Waals surface area contributed by atoms with Crippen molar-refractivity contribution in [3.63, 3.8) is 0 Å². The zero-order valence-corrected chi connectivity index (χ0v) is 7.67. The molecule has 0 heterocycles. The quantitative estimate of drug-likeness (QED) is 0.398. The third-order valence-electron chi connectivity index (χ3n) is 1.42. The van der Waals surface area contributed by atoms with Gasteiger partial charge in [0.1, 0.15) is 12.5 Å². The van der Waals surface area contributed by atoms with Crippen LogP contribution in [0.25, 0.3) is 0 Å². The van der Waals surface area contributed by atoms with Gasteiger partial charge >= 0.3 is 0 Å². The van der Waals surface area contributed by atoms with E-state index in [1.807, 2.05) is 0 Å². The molecule has 3 N–H and O–H groups in total. The molecule has 0 bridgehead atoms. The summed E-state index contributed by atoms with van der Waals surface area (Å²) in [6, 6.07) is 0. The third kappa shape index (κ3) is 4.19. The van der Waals surface area contributed by atoms with E-state index in [2.05, 4.69) is 13.2 Å². The van der Waals surface area contributed by atoms with Crippen molar-refractivity contribution in [3.8, 4) is 0 Å². The Hall–Kier alpha value is -0.680. The largest absolute Gasteiger partial charge is 0.392 e. The van der Waals surface area contributed by atoms with Crippen LogP contribution in [0.5, 0.6) is 0 Å². The third-order valence-corrected chi connectivity index (χ3v) is 1.42. The molecule has 4 nitrogen and oxygen atoms in total. The number of aliphatic hydroxyl groups is 3. The first-order chi connectivity index (χ1) is 6.02. The molecule has 0 rings (SSSR count). The van der Waals surface area contributed by atoms with Crippen molar-refractivity contribution in [3.05, 3.63) is 31.9 Å². The standard InChI is InChI=1S/C9H16NO3/c1-4-8(12)10(6-7(3)11)9(13)5-2/h4-9,11-13H,1-2H2,3H3. The molecular weight excluding hydrogens is 170 g/mol. The van der Waals surface area contributed by atoms with Crippen LogP contribution in [-0.4, -0.2) is 38.8 Å². The Morgan fingerprint density at radius 1 is 1.08 bits per heavy atom. The molecule has 0 fully saturated rings. The first kappa shape index (κ1) is 12.3. The maximum absolute atomic E-state index is 9.33. The van der Waals surface area contributed by atoms with Gasteiger partial charge in [0.2, 0.25) is 0 Å². The monoisotopic (exact) mass is 186 g/mol. The van der Waals surface area contributed by atoms with E-state index < -0.39 is 18.6 Å². The molecule has 3 atom stereocenters. The molecular formula is C9H16NO3. The molecule has 0 aliphatic rings. The summed E-state index contributed by atoms with van der Waals surface area (Å²) < 4.78 is 0. The SMILES string of the molecule is C=CC(O)N([CH]C(C)O)C(O)C=C. The molecule has 75 valence electrons. The van der Waals surface area contributed by atoms with E-state index in [9.17, 15) is 10.2 Å². The Balaban J connectivity index is 4.34. The molecule has 0 aromatic heterocycles. The predicted octanol–water partition coefficient (Wildman–Crippen LogP) is -0.160. The lowest BCUT2D eigenvalue weighted by atomic mass is 10.3. The van der Waals surface area contributed by atoms with E-state index in [1.54, 1.807) is 0 Å². The highest BCUT2D eigenvalue weighted by atomic mass is 16.3. The summed E-state index contributed by atoms with van der Waals surface area (Å²) in [4.78, 5) is 1.14. The Morgan fingerprint density at radius 3 is 1.69 bits per heavy atom. The van der Waals surface area contributed by atoms with Crippen molar-refractivity contribution >= 4 is 0 Å². The minimum absolute atomic E-state index is 0.760. The fraction of sp³-hybridized carbons (Fsp3) is 0.444. The Morgan fingerprint density at radius 2 is 1.46 bits per heavy atom. The lowest BCUT2D eigenvalue weighted by Gasteiger charge is -2.29. The second-order valence-corrected chi connectivity index (χ2v) is 2.64. The van der Waals surface area contributed by atoms with Crippen molar-refractivity contribution < 1.29 is 15.3 Å². The van der Waals surface area contributed by atoms with E-state index >= 15 is 0 Å². The summed E-state index contributed by atoms with van der Waals surface area (Å²) >= 11 is 0. The Labute approximate surface area is 78.4 Å². The van der Waals surface area contributed by atoms with Crippen molar-refractivity contribution in [1.82, 2.24) is 4.90 Å². The fourth-order valence-electron chi connectivity index (χ4n) is 0.825. The van der Waals surface area contributed by atoms with E-state index in [0.717, 1.165) is 4.90 Å². The zero-order valence-electron chi connectivity index (χ0n) is 7.67. The predicted molar refractivity (Wildman–Crippen MR) is 50.2 cm³/mol. The summed E-state index contributed by atoms with van der Waals surface area (Å²) in [6.07, 6.45) is -0.355. The molecule has 0 amide bonds. The molecule has 0 saturated heterocycles. The average molecular weight is 186 g/mol. The average Bonchev–Trinajstić information content (AvgIpc) is 2.11. The molecule has 0 aromatic carbocycles. The Bertz CT molecular complexity index is 156. The van der Waals surface area contributed by atoms with Gasteiger partial charge < -0.3 is 15.3 Å². The van der Waals surface area contributed by atoms with Gasteiger partial charge in [-0.2, -0.15) is 0 Å². The maximum Gasteiger partial charge on any atom is 0.128 e. The van der Waals surface area contributed by atoms with Crippen LogP contribution in [0.1, 0.15) is 6.92 Å². The first-order valence-electron chi connectivity index (χ1n) is 3.94. The second kappa shape index (κ2) is 5.88. The summed E-state index contributed by atoms with van der Waals surface area (Å²) in [7, 11) is 0. The smallest absolute Gasteiger partial charge is 0.128 e. The van der Waals surface area contributed by atoms with Crippen LogP contribution < -0.4 is 0 Å². The molecule has 4 heteroatoms. The van der Waals surface area contributed by atoms with Crippen LogP contribution in [0.2, 0.25) is 0 Å². The highest BCUT2D eigenvalue weighted by Crippen LogP contribution is 2.08. The second-order valence-electron chi connectivity index (χ2n) is 2.64. The van der Waals surface area contributed by atoms with Crippen molar-refractivity contribution in [2.24, 2.45) is 0 Å². The summed E-state index contributed by atoms with van der Waals surface area (Å²) in [6.45, 7) is 9.54. The van der Waals surface area contributed by atoms with Crippen molar-refractivity contribution in [1.29, 1.82) is 0 Å². The van der Waals surface area contributed by atoms with E-state index in [0.29, 0.717) is 0 Å². The van der Waals surface area contributed by atoms with Crippen LogP contribution in [0.15, 0.2) is 25.3 Å². The molecule has 0 aliphatic carbocycles. The van der Waals surface area contributed by atoms with Crippen LogP contribution in [0.4, 0.5) is 0 Å².